The van der Waals surface area contributed by atoms with E-state index in [4.69, 9.17) is 5.84 Å². The quantitative estimate of drug-likeness (QED) is 0.589. The Morgan fingerprint density at radius 2 is 1.94 bits per heavy atom. The summed E-state index contributed by atoms with van der Waals surface area (Å²) in [6.45, 7) is 4.55. The summed E-state index contributed by atoms with van der Waals surface area (Å²) in [5, 5.41) is 0. The maximum absolute atomic E-state index is 5.72. The van der Waals surface area contributed by atoms with Crippen molar-refractivity contribution in [3.05, 3.63) is 35.9 Å². The number of nitrogens with two attached hydrogens (primary N) is 1. The van der Waals surface area contributed by atoms with Crippen LogP contribution >= 0.6 is 0 Å². The van der Waals surface area contributed by atoms with Gasteiger partial charge in [-0.3, -0.25) is 11.3 Å². The largest absolute Gasteiger partial charge is 0.271 e. The predicted octanol–water partition coefficient (Wildman–Crippen LogP) is 2.60. The molecule has 0 heterocycles. The molecule has 0 aliphatic heterocycles. The topological polar surface area (TPSA) is 38.0 Å². The van der Waals surface area contributed by atoms with Gasteiger partial charge in [0.05, 0.1) is 0 Å². The maximum Gasteiger partial charge on any atom is 0.0304 e. The number of hydrazine groups is 1. The van der Waals surface area contributed by atoms with Gasteiger partial charge in [-0.05, 0) is 17.9 Å². The van der Waals surface area contributed by atoms with Crippen LogP contribution < -0.4 is 11.3 Å². The van der Waals surface area contributed by atoms with Gasteiger partial charge in [0.15, 0.2) is 0 Å². The Morgan fingerprint density at radius 1 is 1.31 bits per heavy atom. The summed E-state index contributed by atoms with van der Waals surface area (Å²) < 4.78 is 0. The first kappa shape index (κ1) is 11.6. The second kappa shape index (κ2) is 4.56. The molecular formula is C14H22N2. The predicted molar refractivity (Wildman–Crippen MR) is 67.9 cm³/mol. The molecule has 0 saturated heterocycles. The molecule has 88 valence electrons. The fourth-order valence-electron chi connectivity index (χ4n) is 2.33. The molecule has 0 aromatic heterocycles. The van der Waals surface area contributed by atoms with Gasteiger partial charge in [0.1, 0.15) is 0 Å². The minimum absolute atomic E-state index is 0.0958. The van der Waals surface area contributed by atoms with Gasteiger partial charge < -0.3 is 0 Å². The highest BCUT2D eigenvalue weighted by atomic mass is 15.2. The molecule has 0 bridgehead atoms. The van der Waals surface area contributed by atoms with E-state index >= 15 is 0 Å². The smallest absolute Gasteiger partial charge is 0.0304 e. The zero-order chi connectivity index (χ0) is 11.6. The van der Waals surface area contributed by atoms with Crippen molar-refractivity contribution >= 4 is 0 Å². The molecule has 1 unspecified atom stereocenters. The van der Waals surface area contributed by atoms with Gasteiger partial charge in [0.25, 0.3) is 0 Å². The van der Waals surface area contributed by atoms with Gasteiger partial charge in [-0.2, -0.15) is 0 Å². The van der Waals surface area contributed by atoms with Crippen LogP contribution in [0.1, 0.15) is 38.7 Å². The minimum atomic E-state index is 0.0958. The first-order valence-electron chi connectivity index (χ1n) is 6.16. The molecule has 1 aromatic rings. The molecule has 3 N–H and O–H groups in total. The fraction of sp³-hybridized carbons (Fsp3) is 0.571. The lowest BCUT2D eigenvalue weighted by Crippen LogP contribution is -2.48. The molecule has 1 fully saturated rings. The van der Waals surface area contributed by atoms with Crippen molar-refractivity contribution in [2.24, 2.45) is 11.8 Å². The van der Waals surface area contributed by atoms with Gasteiger partial charge in [0.2, 0.25) is 0 Å². The summed E-state index contributed by atoms with van der Waals surface area (Å²) >= 11 is 0. The fourth-order valence-corrected chi connectivity index (χ4v) is 2.33. The Kier molecular flexibility index (Phi) is 3.31. The van der Waals surface area contributed by atoms with E-state index in [1.807, 2.05) is 0 Å². The van der Waals surface area contributed by atoms with Gasteiger partial charge in [-0.1, -0.05) is 57.0 Å². The van der Waals surface area contributed by atoms with Crippen LogP contribution in [0.4, 0.5) is 0 Å². The average molecular weight is 218 g/mol. The van der Waals surface area contributed by atoms with Gasteiger partial charge >= 0.3 is 0 Å². The van der Waals surface area contributed by atoms with E-state index in [1.165, 1.54) is 24.8 Å². The molecule has 16 heavy (non-hydrogen) atoms. The SMILES string of the molecule is CC(C)(c1ccccc1)C(CC1CC1)NN. The Morgan fingerprint density at radius 3 is 2.44 bits per heavy atom. The first-order chi connectivity index (χ1) is 7.64. The van der Waals surface area contributed by atoms with Crippen LogP contribution in [0.15, 0.2) is 30.3 Å². The van der Waals surface area contributed by atoms with Gasteiger partial charge in [-0.15, -0.1) is 0 Å². The molecular weight excluding hydrogens is 196 g/mol. The van der Waals surface area contributed by atoms with Crippen LogP contribution in [-0.4, -0.2) is 6.04 Å². The minimum Gasteiger partial charge on any atom is -0.271 e. The Bertz CT molecular complexity index is 328. The summed E-state index contributed by atoms with van der Waals surface area (Å²) in [6, 6.07) is 11.0. The lowest BCUT2D eigenvalue weighted by molar-refractivity contribution is 0.314. The van der Waals surface area contributed by atoms with Crippen molar-refractivity contribution < 1.29 is 0 Å². The Hall–Kier alpha value is -0.860. The van der Waals surface area contributed by atoms with E-state index in [-0.39, 0.29) is 5.41 Å². The van der Waals surface area contributed by atoms with Crippen LogP contribution in [0.3, 0.4) is 0 Å². The van der Waals surface area contributed by atoms with E-state index in [0.29, 0.717) is 6.04 Å². The monoisotopic (exact) mass is 218 g/mol. The molecule has 2 heteroatoms. The molecule has 0 amide bonds. The average Bonchev–Trinajstić information content (AvgIpc) is 3.10. The highest BCUT2D eigenvalue weighted by Gasteiger charge is 2.35. The third-order valence-corrected chi connectivity index (χ3v) is 3.86. The second-order valence-corrected chi connectivity index (χ2v) is 5.49. The van der Waals surface area contributed by atoms with Crippen LogP contribution in [-0.2, 0) is 5.41 Å². The molecule has 2 nitrogen and oxygen atoms in total. The number of rotatable bonds is 5. The lowest BCUT2D eigenvalue weighted by atomic mass is 9.76. The van der Waals surface area contributed by atoms with E-state index in [2.05, 4.69) is 49.6 Å². The van der Waals surface area contributed by atoms with Crippen molar-refractivity contribution in [2.45, 2.75) is 44.6 Å². The van der Waals surface area contributed by atoms with Crippen molar-refractivity contribution in [3.8, 4) is 0 Å². The highest BCUT2D eigenvalue weighted by Crippen LogP contribution is 2.38. The Labute approximate surface area is 98.2 Å². The number of nitrogens with one attached hydrogen (secondary N) is 1. The van der Waals surface area contributed by atoms with Crippen LogP contribution in [0.25, 0.3) is 0 Å². The second-order valence-electron chi connectivity index (χ2n) is 5.49. The summed E-state index contributed by atoms with van der Waals surface area (Å²) in [7, 11) is 0. The molecule has 1 atom stereocenters. The molecule has 1 saturated carbocycles. The molecule has 1 aliphatic rings. The summed E-state index contributed by atoms with van der Waals surface area (Å²) in [5.74, 6) is 6.61. The zero-order valence-electron chi connectivity index (χ0n) is 10.2. The van der Waals surface area contributed by atoms with E-state index < -0.39 is 0 Å². The van der Waals surface area contributed by atoms with Crippen LogP contribution in [0, 0.1) is 5.92 Å². The molecule has 1 aromatic carbocycles. The molecule has 0 radical (unpaired) electrons. The Balaban J connectivity index is 2.14. The molecule has 1 aliphatic carbocycles. The van der Waals surface area contributed by atoms with Crippen molar-refractivity contribution in [2.75, 3.05) is 0 Å². The number of benzene rings is 1. The van der Waals surface area contributed by atoms with E-state index in [0.717, 1.165) is 5.92 Å². The first-order valence-corrected chi connectivity index (χ1v) is 6.16. The third kappa shape index (κ3) is 2.45. The summed E-state index contributed by atoms with van der Waals surface area (Å²) in [6.07, 6.45) is 3.95. The van der Waals surface area contributed by atoms with Crippen LogP contribution in [0.2, 0.25) is 0 Å². The van der Waals surface area contributed by atoms with Crippen molar-refractivity contribution in [3.63, 3.8) is 0 Å². The maximum atomic E-state index is 5.72. The summed E-state index contributed by atoms with van der Waals surface area (Å²) in [5.41, 5.74) is 4.47. The van der Waals surface area contributed by atoms with E-state index in [1.54, 1.807) is 0 Å². The normalized spacial score (nSPS) is 18.4. The van der Waals surface area contributed by atoms with Crippen LogP contribution in [0.5, 0.6) is 0 Å². The van der Waals surface area contributed by atoms with Gasteiger partial charge in [-0.25, -0.2) is 0 Å². The van der Waals surface area contributed by atoms with Gasteiger partial charge in [0, 0.05) is 11.5 Å². The molecule has 0 spiro atoms. The number of hydrogen-bond donors (Lipinski definition) is 2. The zero-order valence-corrected chi connectivity index (χ0v) is 10.2. The standard InChI is InChI=1S/C14H22N2/c1-14(2,12-6-4-3-5-7-12)13(16-15)10-11-8-9-11/h3-7,11,13,16H,8-10,15H2,1-2H3. The third-order valence-electron chi connectivity index (χ3n) is 3.86. The van der Waals surface area contributed by atoms with E-state index in [9.17, 15) is 0 Å². The molecule has 2 rings (SSSR count). The lowest BCUT2D eigenvalue weighted by Gasteiger charge is -2.34. The summed E-state index contributed by atoms with van der Waals surface area (Å²) in [4.78, 5) is 0. The van der Waals surface area contributed by atoms with Crippen molar-refractivity contribution in [1.82, 2.24) is 5.43 Å². The highest BCUT2D eigenvalue weighted by molar-refractivity contribution is 5.25. The van der Waals surface area contributed by atoms with Crippen molar-refractivity contribution in [1.29, 1.82) is 0 Å². The number of hydrogen-bond acceptors (Lipinski definition) is 2.